The molecule has 0 aromatic heterocycles. The molecule has 6 heteroatoms. The molecule has 0 radical (unpaired) electrons. The van der Waals surface area contributed by atoms with E-state index < -0.39 is 11.2 Å². The third kappa shape index (κ3) is 3.57. The maximum Gasteiger partial charge on any atom is 0.311 e. The maximum atomic E-state index is 12.4. The molecule has 0 N–H and O–H groups in total. The van der Waals surface area contributed by atoms with Gasteiger partial charge in [-0.25, -0.2) is 0 Å². The lowest BCUT2D eigenvalue weighted by Gasteiger charge is -2.64. The molecule has 0 aromatic carbocycles. The third-order valence-electron chi connectivity index (χ3n) is 8.88. The highest BCUT2D eigenvalue weighted by Gasteiger charge is 2.69. The number of hydrogen-bond donors (Lipinski definition) is 0. The summed E-state index contributed by atoms with van der Waals surface area (Å²) in [7, 11) is 0. The lowest BCUT2D eigenvalue weighted by atomic mass is 9.43. The Hall–Kier alpha value is -0.950. The highest BCUT2D eigenvalue weighted by Crippen LogP contribution is 2.68. The van der Waals surface area contributed by atoms with Crippen molar-refractivity contribution in [2.45, 2.75) is 84.2 Å². The van der Waals surface area contributed by atoms with Crippen LogP contribution in [0.1, 0.15) is 72.1 Å². The fraction of sp³-hybridized carbons (Fsp3) is 0.885. The number of esters is 1. The zero-order valence-electron chi connectivity index (χ0n) is 20.0. The number of carbonyl (C=O) groups excluding carboxylic acids is 1. The quantitative estimate of drug-likeness (QED) is 0.462. The van der Waals surface area contributed by atoms with Gasteiger partial charge in [-0.15, -0.1) is 0 Å². The van der Waals surface area contributed by atoms with Crippen LogP contribution in [0.5, 0.6) is 0 Å². The summed E-state index contributed by atoms with van der Waals surface area (Å²) < 4.78 is 31.1. The van der Waals surface area contributed by atoms with Crippen LogP contribution in [0.15, 0.2) is 12.2 Å². The second-order valence-electron chi connectivity index (χ2n) is 11.5. The largest absolute Gasteiger partial charge is 0.465 e. The van der Waals surface area contributed by atoms with Gasteiger partial charge in [-0.1, -0.05) is 12.2 Å². The van der Waals surface area contributed by atoms with E-state index in [4.69, 9.17) is 23.7 Å². The van der Waals surface area contributed by atoms with E-state index in [2.05, 4.69) is 12.2 Å². The fourth-order valence-electron chi connectivity index (χ4n) is 7.63. The van der Waals surface area contributed by atoms with Gasteiger partial charge in [-0.3, -0.25) is 4.79 Å². The SMILES string of the molecule is CC(C)(C)C(=O)OCC[C@]12C=CCC[C@H]1[C@]1(C3OCCO3)CCCC3(OCCO3)[C@H]1CC2. The average molecular weight is 449 g/mol. The second-order valence-corrected chi connectivity index (χ2v) is 11.5. The van der Waals surface area contributed by atoms with E-state index in [1.54, 1.807) is 0 Å². The minimum absolute atomic E-state index is 0.000636. The summed E-state index contributed by atoms with van der Waals surface area (Å²) in [6, 6.07) is 0. The number of rotatable bonds is 4. The molecule has 3 aliphatic carbocycles. The summed E-state index contributed by atoms with van der Waals surface area (Å²) in [6.45, 7) is 8.87. The highest BCUT2D eigenvalue weighted by molar-refractivity contribution is 5.75. The third-order valence-corrected chi connectivity index (χ3v) is 8.88. The van der Waals surface area contributed by atoms with Gasteiger partial charge in [0.25, 0.3) is 0 Å². The Balaban J connectivity index is 1.47. The molecule has 4 atom stereocenters. The number of carbonyl (C=O) groups is 1. The van der Waals surface area contributed by atoms with E-state index in [1.807, 2.05) is 20.8 Å². The van der Waals surface area contributed by atoms with E-state index >= 15 is 0 Å². The van der Waals surface area contributed by atoms with Gasteiger partial charge < -0.3 is 23.7 Å². The van der Waals surface area contributed by atoms with Crippen molar-refractivity contribution in [1.82, 2.24) is 0 Å². The zero-order chi connectivity index (χ0) is 22.5. The summed E-state index contributed by atoms with van der Waals surface area (Å²) in [6.07, 6.45) is 12.8. The Morgan fingerprint density at radius 3 is 2.47 bits per heavy atom. The van der Waals surface area contributed by atoms with Crippen LogP contribution in [0, 0.1) is 28.1 Å². The van der Waals surface area contributed by atoms with E-state index in [0.29, 0.717) is 39.0 Å². The van der Waals surface area contributed by atoms with Crippen molar-refractivity contribution in [2.75, 3.05) is 33.0 Å². The molecule has 2 saturated carbocycles. The Morgan fingerprint density at radius 2 is 1.75 bits per heavy atom. The van der Waals surface area contributed by atoms with Crippen molar-refractivity contribution in [3.05, 3.63) is 12.2 Å². The van der Waals surface area contributed by atoms with Gasteiger partial charge in [0.1, 0.15) is 0 Å². The van der Waals surface area contributed by atoms with Gasteiger partial charge >= 0.3 is 5.97 Å². The summed E-state index contributed by atoms with van der Waals surface area (Å²) >= 11 is 0. The van der Waals surface area contributed by atoms with Crippen LogP contribution in [-0.4, -0.2) is 51.1 Å². The van der Waals surface area contributed by atoms with Crippen molar-refractivity contribution in [3.8, 4) is 0 Å². The van der Waals surface area contributed by atoms with E-state index in [1.165, 1.54) is 0 Å². The topological polar surface area (TPSA) is 63.2 Å². The van der Waals surface area contributed by atoms with Crippen LogP contribution < -0.4 is 0 Å². The lowest BCUT2D eigenvalue weighted by Crippen LogP contribution is -2.65. The van der Waals surface area contributed by atoms with Crippen LogP contribution in [0.2, 0.25) is 0 Å². The van der Waals surface area contributed by atoms with Crippen molar-refractivity contribution < 1.29 is 28.5 Å². The van der Waals surface area contributed by atoms with E-state index in [-0.39, 0.29) is 29.0 Å². The highest BCUT2D eigenvalue weighted by atomic mass is 16.7. The van der Waals surface area contributed by atoms with Gasteiger partial charge in [0, 0.05) is 17.8 Å². The first kappa shape index (κ1) is 22.8. The van der Waals surface area contributed by atoms with Gasteiger partial charge in [-0.2, -0.15) is 0 Å². The van der Waals surface area contributed by atoms with Crippen LogP contribution in [0.4, 0.5) is 0 Å². The van der Waals surface area contributed by atoms with Crippen molar-refractivity contribution in [2.24, 2.45) is 28.1 Å². The molecule has 5 aliphatic rings. The van der Waals surface area contributed by atoms with Crippen molar-refractivity contribution in [1.29, 1.82) is 0 Å². The molecule has 6 nitrogen and oxygen atoms in total. The Morgan fingerprint density at radius 1 is 1.00 bits per heavy atom. The monoisotopic (exact) mass is 448 g/mol. The van der Waals surface area contributed by atoms with Crippen LogP contribution in [0.3, 0.4) is 0 Å². The summed E-state index contributed by atoms with van der Waals surface area (Å²) in [5.74, 6) is 0.0660. The standard InChI is InChI=1S/C26H40O6/c1-23(2,3)21(27)28-14-13-24-9-5-4-7-19(24)25(22-29-15-16-30-22)10-6-11-26(20(25)8-12-24)31-17-18-32-26/h5,9,19-20,22H,4,6-8,10-18H2,1-3H3/t19-,20+,24-,25-/m1/s1. The van der Waals surface area contributed by atoms with E-state index in [9.17, 15) is 4.79 Å². The first-order chi connectivity index (χ1) is 15.3. The minimum atomic E-state index is -0.487. The molecule has 4 fully saturated rings. The van der Waals surface area contributed by atoms with Gasteiger partial charge in [0.2, 0.25) is 0 Å². The first-order valence-electron chi connectivity index (χ1n) is 12.7. The maximum absolute atomic E-state index is 12.4. The summed E-state index contributed by atoms with van der Waals surface area (Å²) in [5.41, 5.74) is -0.605. The molecular formula is C26H40O6. The fourth-order valence-corrected chi connectivity index (χ4v) is 7.63. The predicted octanol–water partition coefficient (Wildman–Crippen LogP) is 4.61. The molecule has 2 aliphatic heterocycles. The first-order valence-corrected chi connectivity index (χ1v) is 12.7. The molecule has 0 aromatic rings. The average Bonchev–Trinajstić information content (AvgIpc) is 3.46. The summed E-state index contributed by atoms with van der Waals surface area (Å²) in [4.78, 5) is 12.4. The van der Waals surface area contributed by atoms with Gasteiger partial charge in [-0.05, 0) is 77.0 Å². The molecule has 0 unspecified atom stereocenters. The van der Waals surface area contributed by atoms with Gasteiger partial charge in [0.15, 0.2) is 12.1 Å². The molecule has 0 bridgehead atoms. The molecule has 2 heterocycles. The Labute approximate surface area is 192 Å². The molecule has 1 spiro atoms. The van der Waals surface area contributed by atoms with Crippen LogP contribution >= 0.6 is 0 Å². The number of hydrogen-bond acceptors (Lipinski definition) is 6. The molecule has 0 amide bonds. The predicted molar refractivity (Wildman–Crippen MR) is 119 cm³/mol. The Bertz CT molecular complexity index is 729. The molecule has 2 saturated heterocycles. The smallest absolute Gasteiger partial charge is 0.311 e. The van der Waals surface area contributed by atoms with Gasteiger partial charge in [0.05, 0.1) is 38.4 Å². The zero-order valence-corrected chi connectivity index (χ0v) is 20.0. The molecule has 5 rings (SSSR count). The summed E-state index contributed by atoms with van der Waals surface area (Å²) in [5, 5.41) is 0. The molecule has 180 valence electrons. The number of ether oxygens (including phenoxy) is 5. The Kier molecular flexibility index (Phi) is 5.97. The number of allylic oxidation sites excluding steroid dienone is 2. The molecule has 32 heavy (non-hydrogen) atoms. The van der Waals surface area contributed by atoms with E-state index in [0.717, 1.165) is 51.4 Å². The van der Waals surface area contributed by atoms with Crippen LogP contribution in [0.25, 0.3) is 0 Å². The molecular weight excluding hydrogens is 408 g/mol. The lowest BCUT2D eigenvalue weighted by molar-refractivity contribution is -0.319. The second kappa shape index (κ2) is 8.37. The van der Waals surface area contributed by atoms with Crippen molar-refractivity contribution >= 4 is 5.97 Å². The normalized spacial score (nSPS) is 39.1. The minimum Gasteiger partial charge on any atom is -0.465 e. The number of fused-ring (bicyclic) bond motifs is 4. The van der Waals surface area contributed by atoms with Crippen molar-refractivity contribution in [3.63, 3.8) is 0 Å². The van der Waals surface area contributed by atoms with Crippen LogP contribution in [-0.2, 0) is 28.5 Å².